The lowest BCUT2D eigenvalue weighted by atomic mass is 10.1. The number of carbonyl (C=O) groups excluding carboxylic acids is 2. The number of benzene rings is 2. The summed E-state index contributed by atoms with van der Waals surface area (Å²) >= 11 is 7.74. The van der Waals surface area contributed by atoms with E-state index in [0.29, 0.717) is 28.6 Å². The summed E-state index contributed by atoms with van der Waals surface area (Å²) in [6.45, 7) is 0.652. The maximum absolute atomic E-state index is 14.3. The van der Waals surface area contributed by atoms with Crippen LogP contribution in [0.4, 0.5) is 10.1 Å². The third kappa shape index (κ3) is 2.58. The van der Waals surface area contributed by atoms with Gasteiger partial charge in [-0.05, 0) is 37.1 Å². The molecule has 2 aromatic carbocycles. The van der Waals surface area contributed by atoms with Crippen molar-refractivity contribution >= 4 is 40.9 Å². The maximum Gasteiger partial charge on any atom is 0.268 e. The molecule has 28 heavy (non-hydrogen) atoms. The largest absolute Gasteiger partial charge is 0.315 e. The Kier molecular flexibility index (Phi) is 4.18. The van der Waals surface area contributed by atoms with E-state index in [1.54, 1.807) is 46.2 Å². The highest BCUT2D eigenvalue weighted by Crippen LogP contribution is 2.56. The fourth-order valence-corrected chi connectivity index (χ4v) is 5.74. The Morgan fingerprint density at radius 3 is 2.79 bits per heavy atom. The Bertz CT molecular complexity index is 996. The lowest BCUT2D eigenvalue weighted by Gasteiger charge is -2.33. The quantitative estimate of drug-likeness (QED) is 0.754. The molecule has 2 aromatic rings. The van der Waals surface area contributed by atoms with Crippen molar-refractivity contribution < 1.29 is 14.0 Å². The first-order chi connectivity index (χ1) is 13.5. The van der Waals surface area contributed by atoms with Gasteiger partial charge >= 0.3 is 0 Å². The normalized spacial score (nSPS) is 23.6. The predicted molar refractivity (Wildman–Crippen MR) is 108 cm³/mol. The number of carbonyl (C=O) groups is 2. The lowest BCUT2D eigenvalue weighted by molar-refractivity contribution is -0.141. The summed E-state index contributed by atoms with van der Waals surface area (Å²) in [5, 5.41) is 0.519. The van der Waals surface area contributed by atoms with Crippen molar-refractivity contribution in [2.75, 3.05) is 17.2 Å². The molecule has 3 aliphatic rings. The molecule has 144 valence electrons. The summed E-state index contributed by atoms with van der Waals surface area (Å²) in [5.74, 6) is 0.203. The molecule has 1 spiro atoms. The zero-order valence-electron chi connectivity index (χ0n) is 15.0. The summed E-state index contributed by atoms with van der Waals surface area (Å²) in [7, 11) is 0. The van der Waals surface area contributed by atoms with Crippen LogP contribution in [0.15, 0.2) is 42.5 Å². The van der Waals surface area contributed by atoms with Gasteiger partial charge in [-0.25, -0.2) is 4.39 Å². The maximum atomic E-state index is 14.3. The van der Waals surface area contributed by atoms with E-state index in [2.05, 4.69) is 0 Å². The molecule has 4 nitrogen and oxygen atoms in total. The van der Waals surface area contributed by atoms with Crippen LogP contribution in [-0.4, -0.2) is 29.0 Å². The Labute approximate surface area is 171 Å². The highest BCUT2D eigenvalue weighted by Gasteiger charge is 2.60. The molecule has 0 aromatic heterocycles. The molecule has 2 aliphatic heterocycles. The zero-order chi connectivity index (χ0) is 19.5. The molecule has 1 saturated heterocycles. The molecule has 1 saturated carbocycles. The fraction of sp³-hybridized carbons (Fsp3) is 0.333. The second kappa shape index (κ2) is 6.49. The van der Waals surface area contributed by atoms with Crippen LogP contribution in [0.3, 0.4) is 0 Å². The molecule has 1 aliphatic carbocycles. The highest BCUT2D eigenvalue weighted by atomic mass is 35.5. The van der Waals surface area contributed by atoms with Crippen LogP contribution in [0.1, 0.15) is 24.0 Å². The van der Waals surface area contributed by atoms with Gasteiger partial charge in [-0.2, -0.15) is 0 Å². The summed E-state index contributed by atoms with van der Waals surface area (Å²) < 4.78 is 14.3. The first kappa shape index (κ1) is 18.0. The summed E-state index contributed by atoms with van der Waals surface area (Å²) in [4.78, 5) is 28.9. The van der Waals surface area contributed by atoms with E-state index in [9.17, 15) is 14.0 Å². The van der Waals surface area contributed by atoms with E-state index >= 15 is 0 Å². The second-order valence-electron chi connectivity index (χ2n) is 7.40. The highest BCUT2D eigenvalue weighted by molar-refractivity contribution is 8.01. The minimum absolute atomic E-state index is 0.0200. The van der Waals surface area contributed by atoms with Crippen LogP contribution in [0.2, 0.25) is 5.02 Å². The van der Waals surface area contributed by atoms with Crippen molar-refractivity contribution in [1.29, 1.82) is 0 Å². The SMILES string of the molecule is O=C(C1CC1)N1CCS[C@@]12C(=O)N(Cc1ccccc1F)c1ccc(Cl)cc12. The number of nitrogens with zero attached hydrogens (tertiary/aromatic N) is 2. The molecule has 2 amide bonds. The molecular formula is C21H18ClFN2O2S. The lowest BCUT2D eigenvalue weighted by Crippen LogP contribution is -2.50. The number of amides is 2. The van der Waals surface area contributed by atoms with Crippen molar-refractivity contribution in [2.45, 2.75) is 24.3 Å². The zero-order valence-corrected chi connectivity index (χ0v) is 16.6. The molecule has 2 heterocycles. The van der Waals surface area contributed by atoms with Crippen LogP contribution in [0.5, 0.6) is 0 Å². The van der Waals surface area contributed by atoms with Crippen molar-refractivity contribution in [3.63, 3.8) is 0 Å². The number of anilines is 1. The summed E-state index contributed by atoms with van der Waals surface area (Å²) in [6, 6.07) is 11.8. The van der Waals surface area contributed by atoms with Gasteiger partial charge in [0.25, 0.3) is 5.91 Å². The second-order valence-corrected chi connectivity index (χ2v) is 9.12. The van der Waals surface area contributed by atoms with Gasteiger partial charge in [0.05, 0.1) is 12.2 Å². The van der Waals surface area contributed by atoms with Gasteiger partial charge in [-0.15, -0.1) is 11.8 Å². The number of thioether (sulfide) groups is 1. The number of halogens is 2. The van der Waals surface area contributed by atoms with Crippen LogP contribution in [0.25, 0.3) is 0 Å². The van der Waals surface area contributed by atoms with E-state index in [0.717, 1.165) is 18.4 Å². The summed E-state index contributed by atoms with van der Waals surface area (Å²) in [5.41, 5.74) is 1.87. The van der Waals surface area contributed by atoms with Crippen molar-refractivity contribution in [3.05, 3.63) is 64.4 Å². The van der Waals surface area contributed by atoms with Gasteiger partial charge in [-0.1, -0.05) is 29.8 Å². The Hall–Kier alpha value is -2.05. The van der Waals surface area contributed by atoms with Crippen molar-refractivity contribution in [1.82, 2.24) is 4.90 Å². The molecular weight excluding hydrogens is 399 g/mol. The molecule has 0 bridgehead atoms. The van der Waals surface area contributed by atoms with Gasteiger partial charge in [-0.3, -0.25) is 9.59 Å². The van der Waals surface area contributed by atoms with Crippen LogP contribution in [0, 0.1) is 11.7 Å². The van der Waals surface area contributed by atoms with E-state index in [1.807, 2.05) is 0 Å². The first-order valence-corrected chi connectivity index (χ1v) is 10.7. The van der Waals surface area contributed by atoms with Crippen LogP contribution >= 0.6 is 23.4 Å². The van der Waals surface area contributed by atoms with E-state index in [4.69, 9.17) is 11.6 Å². The molecule has 2 fully saturated rings. The number of rotatable bonds is 3. The Morgan fingerprint density at radius 2 is 2.04 bits per heavy atom. The van der Waals surface area contributed by atoms with Gasteiger partial charge < -0.3 is 9.80 Å². The van der Waals surface area contributed by atoms with Crippen molar-refractivity contribution in [3.8, 4) is 0 Å². The number of fused-ring (bicyclic) bond motifs is 2. The Morgan fingerprint density at radius 1 is 1.25 bits per heavy atom. The molecule has 1 atom stereocenters. The number of hydrogen-bond donors (Lipinski definition) is 0. The molecule has 5 rings (SSSR count). The predicted octanol–water partition coefficient (Wildman–Crippen LogP) is 4.16. The smallest absolute Gasteiger partial charge is 0.268 e. The molecule has 0 N–H and O–H groups in total. The van der Waals surface area contributed by atoms with Crippen LogP contribution in [-0.2, 0) is 21.0 Å². The molecule has 0 unspecified atom stereocenters. The van der Waals surface area contributed by atoms with Gasteiger partial charge in [0.1, 0.15) is 5.82 Å². The summed E-state index contributed by atoms with van der Waals surface area (Å²) in [6.07, 6.45) is 1.76. The minimum atomic E-state index is -1.09. The first-order valence-electron chi connectivity index (χ1n) is 9.33. The van der Waals surface area contributed by atoms with E-state index in [-0.39, 0.29) is 30.1 Å². The molecule has 7 heteroatoms. The van der Waals surface area contributed by atoms with Gasteiger partial charge in [0.15, 0.2) is 4.87 Å². The monoisotopic (exact) mass is 416 g/mol. The average Bonchev–Trinajstić information content (AvgIpc) is 3.40. The van der Waals surface area contributed by atoms with E-state index < -0.39 is 4.87 Å². The number of hydrogen-bond acceptors (Lipinski definition) is 3. The minimum Gasteiger partial charge on any atom is -0.315 e. The van der Waals surface area contributed by atoms with Gasteiger partial charge in [0.2, 0.25) is 5.91 Å². The van der Waals surface area contributed by atoms with Gasteiger partial charge in [0, 0.05) is 34.4 Å². The van der Waals surface area contributed by atoms with Crippen LogP contribution < -0.4 is 4.90 Å². The Balaban J connectivity index is 1.61. The fourth-order valence-electron chi connectivity index (χ4n) is 4.11. The third-order valence-corrected chi connectivity index (χ3v) is 7.29. The third-order valence-electron chi connectivity index (χ3n) is 5.63. The standard InChI is InChI=1S/C21H18ClFN2O2S/c22-15-7-8-18-16(11-15)21(25(9-10-28-21)19(26)13-5-6-13)20(27)24(18)12-14-3-1-2-4-17(14)23/h1-4,7-8,11,13H,5-6,9-10,12H2/t21-/m0/s1. The van der Waals surface area contributed by atoms with Crippen molar-refractivity contribution in [2.24, 2.45) is 5.92 Å². The van der Waals surface area contributed by atoms with E-state index in [1.165, 1.54) is 17.8 Å². The topological polar surface area (TPSA) is 40.6 Å². The molecule has 0 radical (unpaired) electrons. The average molecular weight is 417 g/mol.